The lowest BCUT2D eigenvalue weighted by molar-refractivity contribution is 0.229. The molecule has 0 radical (unpaired) electrons. The number of rotatable bonds is 5. The van der Waals surface area contributed by atoms with Gasteiger partial charge in [0.05, 0.1) is 6.61 Å². The average Bonchev–Trinajstić information content (AvgIpc) is 2.39. The Bertz CT molecular complexity index is 502. The van der Waals surface area contributed by atoms with Crippen LogP contribution in [-0.2, 0) is 0 Å². The molecule has 2 aromatic carbocycles. The van der Waals surface area contributed by atoms with E-state index in [1.165, 1.54) is 10.8 Å². The Morgan fingerprint density at radius 2 is 1.78 bits per heavy atom. The van der Waals surface area contributed by atoms with Gasteiger partial charge < -0.3 is 4.74 Å². The fourth-order valence-electron chi connectivity index (χ4n) is 1.97. The molecule has 0 aliphatic rings. The Hall–Kier alpha value is -1.15. The van der Waals surface area contributed by atoms with Crippen molar-refractivity contribution in [1.29, 1.82) is 0 Å². The quantitative estimate of drug-likeness (QED) is 0.783. The molecule has 0 saturated heterocycles. The van der Waals surface area contributed by atoms with E-state index in [9.17, 15) is 0 Å². The van der Waals surface area contributed by atoms with Crippen molar-refractivity contribution in [2.45, 2.75) is 13.8 Å². The highest BCUT2D eigenvalue weighted by Gasteiger charge is 2.12. The molecule has 0 spiro atoms. The van der Waals surface area contributed by atoms with Crippen LogP contribution in [0, 0.1) is 11.8 Å². The van der Waals surface area contributed by atoms with E-state index < -0.39 is 0 Å². The van der Waals surface area contributed by atoms with E-state index in [1.807, 2.05) is 18.2 Å². The van der Waals surface area contributed by atoms with E-state index in [2.05, 4.69) is 50.7 Å². The standard InChI is InChI=1S/C16H20OS/c1-12(2)14(11-18)10-17-16-9-5-7-13-6-3-4-8-15(13)16/h3-9,12,14,18H,10-11H2,1-2H3. The maximum absolute atomic E-state index is 5.98. The van der Waals surface area contributed by atoms with Crippen LogP contribution in [0.25, 0.3) is 10.8 Å². The second-order valence-electron chi connectivity index (χ2n) is 4.97. The SMILES string of the molecule is CC(C)C(CS)COc1cccc2ccccc12. The third kappa shape index (κ3) is 2.99. The van der Waals surface area contributed by atoms with Crippen LogP contribution >= 0.6 is 12.6 Å². The number of thiol groups is 1. The highest BCUT2D eigenvalue weighted by Crippen LogP contribution is 2.26. The first-order chi connectivity index (χ1) is 8.72. The molecule has 96 valence electrons. The minimum Gasteiger partial charge on any atom is -0.493 e. The zero-order valence-corrected chi connectivity index (χ0v) is 11.9. The summed E-state index contributed by atoms with van der Waals surface area (Å²) in [7, 11) is 0. The molecule has 0 bridgehead atoms. The smallest absolute Gasteiger partial charge is 0.127 e. The van der Waals surface area contributed by atoms with E-state index in [0.717, 1.165) is 18.1 Å². The molecule has 2 heteroatoms. The van der Waals surface area contributed by atoms with Crippen molar-refractivity contribution in [3.05, 3.63) is 42.5 Å². The molecule has 0 fully saturated rings. The van der Waals surface area contributed by atoms with Gasteiger partial charge in [0.2, 0.25) is 0 Å². The van der Waals surface area contributed by atoms with Gasteiger partial charge in [0, 0.05) is 11.3 Å². The summed E-state index contributed by atoms with van der Waals surface area (Å²) < 4.78 is 5.98. The van der Waals surface area contributed by atoms with Crippen molar-refractivity contribution < 1.29 is 4.74 Å². The Kier molecular flexibility index (Phi) is 4.54. The lowest BCUT2D eigenvalue weighted by atomic mass is 9.99. The second kappa shape index (κ2) is 6.14. The van der Waals surface area contributed by atoms with Crippen LogP contribution in [0.15, 0.2) is 42.5 Å². The topological polar surface area (TPSA) is 9.23 Å². The molecule has 18 heavy (non-hydrogen) atoms. The molecule has 2 rings (SSSR count). The van der Waals surface area contributed by atoms with Gasteiger partial charge in [-0.2, -0.15) is 12.6 Å². The van der Waals surface area contributed by atoms with Gasteiger partial charge in [-0.05, 0) is 23.1 Å². The first kappa shape index (κ1) is 13.3. The van der Waals surface area contributed by atoms with Crippen LogP contribution in [0.3, 0.4) is 0 Å². The first-order valence-electron chi connectivity index (χ1n) is 6.43. The minimum absolute atomic E-state index is 0.493. The van der Waals surface area contributed by atoms with Gasteiger partial charge in [0.15, 0.2) is 0 Å². The van der Waals surface area contributed by atoms with E-state index in [4.69, 9.17) is 4.74 Å². The van der Waals surface area contributed by atoms with E-state index in [0.29, 0.717) is 11.8 Å². The highest BCUT2D eigenvalue weighted by atomic mass is 32.1. The van der Waals surface area contributed by atoms with Gasteiger partial charge in [0.1, 0.15) is 5.75 Å². The van der Waals surface area contributed by atoms with Gasteiger partial charge in [-0.3, -0.25) is 0 Å². The van der Waals surface area contributed by atoms with Gasteiger partial charge in [0.25, 0.3) is 0 Å². The summed E-state index contributed by atoms with van der Waals surface area (Å²) in [6.07, 6.45) is 0. The molecule has 0 N–H and O–H groups in total. The minimum atomic E-state index is 0.493. The highest BCUT2D eigenvalue weighted by molar-refractivity contribution is 7.80. The lowest BCUT2D eigenvalue weighted by Crippen LogP contribution is -2.19. The van der Waals surface area contributed by atoms with Gasteiger partial charge in [-0.1, -0.05) is 50.2 Å². The van der Waals surface area contributed by atoms with E-state index in [-0.39, 0.29) is 0 Å². The molecular weight excluding hydrogens is 240 g/mol. The number of fused-ring (bicyclic) bond motifs is 1. The van der Waals surface area contributed by atoms with Gasteiger partial charge in [-0.15, -0.1) is 0 Å². The summed E-state index contributed by atoms with van der Waals surface area (Å²) in [4.78, 5) is 0. The molecule has 0 aliphatic heterocycles. The van der Waals surface area contributed by atoms with Crippen LogP contribution in [0.4, 0.5) is 0 Å². The van der Waals surface area contributed by atoms with Crippen LogP contribution in [0.1, 0.15) is 13.8 Å². The molecule has 0 heterocycles. The largest absolute Gasteiger partial charge is 0.493 e. The average molecular weight is 260 g/mol. The third-order valence-electron chi connectivity index (χ3n) is 3.38. The Balaban J connectivity index is 2.17. The predicted octanol–water partition coefficient (Wildman–Crippen LogP) is 4.42. The Morgan fingerprint density at radius 3 is 2.50 bits per heavy atom. The Morgan fingerprint density at radius 1 is 1.06 bits per heavy atom. The molecule has 2 aromatic rings. The number of benzene rings is 2. The monoisotopic (exact) mass is 260 g/mol. The number of hydrogen-bond donors (Lipinski definition) is 1. The molecule has 1 nitrogen and oxygen atoms in total. The predicted molar refractivity (Wildman–Crippen MR) is 81.6 cm³/mol. The van der Waals surface area contributed by atoms with Crippen LogP contribution in [-0.4, -0.2) is 12.4 Å². The van der Waals surface area contributed by atoms with Crippen molar-refractivity contribution in [3.63, 3.8) is 0 Å². The summed E-state index contributed by atoms with van der Waals surface area (Å²) in [5.74, 6) is 2.92. The van der Waals surface area contributed by atoms with Crippen molar-refractivity contribution in [1.82, 2.24) is 0 Å². The fourth-order valence-corrected chi connectivity index (χ4v) is 2.50. The lowest BCUT2D eigenvalue weighted by Gasteiger charge is -2.19. The van der Waals surface area contributed by atoms with Gasteiger partial charge in [-0.25, -0.2) is 0 Å². The summed E-state index contributed by atoms with van der Waals surface area (Å²) in [6.45, 7) is 5.16. The first-order valence-corrected chi connectivity index (χ1v) is 7.07. The number of hydrogen-bond acceptors (Lipinski definition) is 2. The zero-order chi connectivity index (χ0) is 13.0. The van der Waals surface area contributed by atoms with Crippen molar-refractivity contribution in [3.8, 4) is 5.75 Å². The summed E-state index contributed by atoms with van der Waals surface area (Å²) in [6, 6.07) is 14.5. The molecule has 0 amide bonds. The fraction of sp³-hybridized carbons (Fsp3) is 0.375. The summed E-state index contributed by atoms with van der Waals surface area (Å²) >= 11 is 4.39. The summed E-state index contributed by atoms with van der Waals surface area (Å²) in [5.41, 5.74) is 0. The van der Waals surface area contributed by atoms with Crippen LogP contribution < -0.4 is 4.74 Å². The Labute approximate surface area is 115 Å². The number of ether oxygens (including phenoxy) is 1. The van der Waals surface area contributed by atoms with Crippen molar-refractivity contribution in [2.75, 3.05) is 12.4 Å². The molecule has 0 saturated carbocycles. The van der Waals surface area contributed by atoms with Crippen molar-refractivity contribution in [2.24, 2.45) is 11.8 Å². The van der Waals surface area contributed by atoms with E-state index >= 15 is 0 Å². The third-order valence-corrected chi connectivity index (χ3v) is 3.85. The van der Waals surface area contributed by atoms with Crippen LogP contribution in [0.2, 0.25) is 0 Å². The molecule has 1 atom stereocenters. The molecule has 0 aliphatic carbocycles. The van der Waals surface area contributed by atoms with Crippen LogP contribution in [0.5, 0.6) is 5.75 Å². The summed E-state index contributed by atoms with van der Waals surface area (Å²) in [5, 5.41) is 2.41. The maximum Gasteiger partial charge on any atom is 0.127 e. The molecule has 1 unspecified atom stereocenters. The maximum atomic E-state index is 5.98. The van der Waals surface area contributed by atoms with Crippen molar-refractivity contribution >= 4 is 23.4 Å². The second-order valence-corrected chi connectivity index (χ2v) is 5.34. The van der Waals surface area contributed by atoms with Gasteiger partial charge >= 0.3 is 0 Å². The van der Waals surface area contributed by atoms with E-state index in [1.54, 1.807) is 0 Å². The molecular formula is C16H20OS. The normalized spacial score (nSPS) is 12.9. The zero-order valence-electron chi connectivity index (χ0n) is 11.0. The molecule has 0 aromatic heterocycles.